The van der Waals surface area contributed by atoms with Crippen LogP contribution in [0.2, 0.25) is 0 Å². The molecule has 5 N–H and O–H groups in total. The Morgan fingerprint density at radius 2 is 1.68 bits per heavy atom. The van der Waals surface area contributed by atoms with Crippen LogP contribution in [-0.2, 0) is 16.1 Å². The first-order valence-electron chi connectivity index (χ1n) is 9.26. The maximum atomic E-state index is 11.7. The molecule has 0 aliphatic heterocycles. The van der Waals surface area contributed by atoms with Crippen LogP contribution in [0, 0.1) is 0 Å². The van der Waals surface area contributed by atoms with Gasteiger partial charge in [0.15, 0.2) is 0 Å². The molecule has 0 aliphatic rings. The summed E-state index contributed by atoms with van der Waals surface area (Å²) >= 11 is 0. The summed E-state index contributed by atoms with van der Waals surface area (Å²) in [5.74, 6) is -0.499. The zero-order valence-electron chi connectivity index (χ0n) is 15.7. The van der Waals surface area contributed by atoms with Gasteiger partial charge in [0.05, 0.1) is 18.7 Å². The molecule has 0 saturated carbocycles. The highest BCUT2D eigenvalue weighted by molar-refractivity contribution is 5.79. The number of benzene rings is 2. The van der Waals surface area contributed by atoms with Gasteiger partial charge in [-0.05, 0) is 24.0 Å². The molecule has 7 nitrogen and oxygen atoms in total. The lowest BCUT2D eigenvalue weighted by molar-refractivity contribution is -0.120. The molecular formula is C21H27N3O4. The summed E-state index contributed by atoms with van der Waals surface area (Å²) in [5.41, 5.74) is 7.26. The second-order valence-corrected chi connectivity index (χ2v) is 6.40. The van der Waals surface area contributed by atoms with E-state index >= 15 is 0 Å². The van der Waals surface area contributed by atoms with E-state index in [1.165, 1.54) is 0 Å². The summed E-state index contributed by atoms with van der Waals surface area (Å²) in [4.78, 5) is 23.5. The Balaban J connectivity index is 1.72. The normalized spacial score (nSPS) is 12.8. The highest BCUT2D eigenvalue weighted by Gasteiger charge is 2.20. The monoisotopic (exact) mass is 385 g/mol. The molecule has 0 radical (unpaired) electrons. The molecule has 0 aromatic heterocycles. The fourth-order valence-electron chi connectivity index (χ4n) is 2.76. The minimum Gasteiger partial charge on any atom is -0.445 e. The quantitative estimate of drug-likeness (QED) is 0.441. The fourth-order valence-corrected chi connectivity index (χ4v) is 2.76. The van der Waals surface area contributed by atoms with Gasteiger partial charge >= 0.3 is 6.09 Å². The lowest BCUT2D eigenvalue weighted by Gasteiger charge is -2.23. The van der Waals surface area contributed by atoms with Crippen LogP contribution in [0.5, 0.6) is 0 Å². The van der Waals surface area contributed by atoms with Crippen molar-refractivity contribution in [2.45, 2.75) is 31.5 Å². The van der Waals surface area contributed by atoms with E-state index in [0.717, 1.165) is 11.1 Å². The summed E-state index contributed by atoms with van der Waals surface area (Å²) in [6, 6.07) is 17.8. The summed E-state index contributed by atoms with van der Waals surface area (Å²) in [6.07, 6.45) is 0.455. The predicted octanol–water partition coefficient (Wildman–Crippen LogP) is 1.87. The first-order chi connectivity index (χ1) is 13.6. The van der Waals surface area contributed by atoms with Crippen LogP contribution in [0.15, 0.2) is 60.7 Å². The second-order valence-electron chi connectivity index (χ2n) is 6.40. The predicted molar refractivity (Wildman–Crippen MR) is 106 cm³/mol. The minimum absolute atomic E-state index is 0.155. The smallest absolute Gasteiger partial charge is 0.407 e. The molecule has 2 amide bonds. The molecule has 7 heteroatoms. The van der Waals surface area contributed by atoms with Gasteiger partial charge in [0.1, 0.15) is 6.61 Å². The topological polar surface area (TPSA) is 114 Å². The van der Waals surface area contributed by atoms with E-state index in [-0.39, 0.29) is 19.3 Å². The largest absolute Gasteiger partial charge is 0.445 e. The molecule has 0 heterocycles. The van der Waals surface area contributed by atoms with E-state index in [1.807, 2.05) is 60.7 Å². The third-order valence-corrected chi connectivity index (χ3v) is 4.28. The number of carbonyl (C=O) groups excluding carboxylic acids is 2. The zero-order chi connectivity index (χ0) is 20.2. The number of alkyl carbamates (subject to hydrolysis) is 1. The number of aliphatic hydroxyl groups excluding tert-OH is 1. The van der Waals surface area contributed by atoms with Gasteiger partial charge in [0.2, 0.25) is 5.91 Å². The van der Waals surface area contributed by atoms with E-state index in [4.69, 9.17) is 10.5 Å². The van der Waals surface area contributed by atoms with Crippen molar-refractivity contribution in [1.82, 2.24) is 10.6 Å². The van der Waals surface area contributed by atoms with E-state index in [0.29, 0.717) is 19.4 Å². The number of hydrogen-bond donors (Lipinski definition) is 4. The summed E-state index contributed by atoms with van der Waals surface area (Å²) in [6.45, 7) is 0.402. The lowest BCUT2D eigenvalue weighted by atomic mass is 10.0. The van der Waals surface area contributed by atoms with E-state index < -0.39 is 18.0 Å². The molecule has 2 aromatic rings. The number of hydrogen-bond acceptors (Lipinski definition) is 5. The van der Waals surface area contributed by atoms with Crippen molar-refractivity contribution >= 4 is 12.0 Å². The molecule has 150 valence electrons. The molecule has 0 aliphatic carbocycles. The van der Waals surface area contributed by atoms with Gasteiger partial charge < -0.3 is 20.9 Å². The average molecular weight is 385 g/mol. The summed E-state index contributed by atoms with van der Waals surface area (Å²) < 4.78 is 5.13. The molecule has 2 aromatic carbocycles. The highest BCUT2D eigenvalue weighted by Crippen LogP contribution is 2.13. The Hall–Kier alpha value is -2.90. The van der Waals surface area contributed by atoms with Crippen LogP contribution in [0.25, 0.3) is 0 Å². The maximum Gasteiger partial charge on any atom is 0.407 e. The number of rotatable bonds is 11. The number of primary amides is 1. The Kier molecular flexibility index (Phi) is 8.97. The molecule has 0 unspecified atom stereocenters. The van der Waals surface area contributed by atoms with Gasteiger partial charge in [-0.2, -0.15) is 0 Å². The number of carbonyl (C=O) groups is 2. The number of nitrogens with two attached hydrogens (primary N) is 1. The molecule has 28 heavy (non-hydrogen) atoms. The number of aliphatic hydroxyl groups is 1. The van der Waals surface area contributed by atoms with Crippen molar-refractivity contribution in [3.05, 3.63) is 71.8 Å². The number of amides is 2. The van der Waals surface area contributed by atoms with E-state index in [9.17, 15) is 14.7 Å². The van der Waals surface area contributed by atoms with Crippen LogP contribution >= 0.6 is 0 Å². The Morgan fingerprint density at radius 3 is 2.29 bits per heavy atom. The van der Waals surface area contributed by atoms with Crippen molar-refractivity contribution in [1.29, 1.82) is 0 Å². The third kappa shape index (κ3) is 7.38. The molecule has 2 atom stereocenters. The summed E-state index contributed by atoms with van der Waals surface area (Å²) in [7, 11) is 0. The molecular weight excluding hydrogens is 358 g/mol. The van der Waals surface area contributed by atoms with Gasteiger partial charge in [-0.15, -0.1) is 0 Å². The minimum atomic E-state index is -0.612. The Bertz CT molecular complexity index is 725. The second kappa shape index (κ2) is 11.7. The van der Waals surface area contributed by atoms with E-state index in [2.05, 4.69) is 10.6 Å². The van der Waals surface area contributed by atoms with Crippen molar-refractivity contribution in [3.63, 3.8) is 0 Å². The van der Waals surface area contributed by atoms with Gasteiger partial charge in [-0.1, -0.05) is 60.7 Å². The highest BCUT2D eigenvalue weighted by atomic mass is 16.5. The first kappa shape index (κ1) is 21.4. The van der Waals surface area contributed by atoms with E-state index in [1.54, 1.807) is 0 Å². The SMILES string of the molecule is NC(=O)[C@@H](CCCNC(=O)OCc1ccccc1)N[C@H](CO)c1ccccc1. The molecule has 0 bridgehead atoms. The van der Waals surface area contributed by atoms with Crippen LogP contribution in [0.3, 0.4) is 0 Å². The molecule has 0 saturated heterocycles. The van der Waals surface area contributed by atoms with Crippen LogP contribution in [0.4, 0.5) is 4.79 Å². The lowest BCUT2D eigenvalue weighted by Crippen LogP contribution is -2.44. The maximum absolute atomic E-state index is 11.7. The zero-order valence-corrected chi connectivity index (χ0v) is 15.7. The third-order valence-electron chi connectivity index (χ3n) is 4.28. The van der Waals surface area contributed by atoms with Crippen LogP contribution in [0.1, 0.15) is 30.0 Å². The molecule has 0 fully saturated rings. The summed E-state index contributed by atoms with van der Waals surface area (Å²) in [5, 5.41) is 15.4. The van der Waals surface area contributed by atoms with Crippen molar-refractivity contribution in [2.75, 3.05) is 13.2 Å². The van der Waals surface area contributed by atoms with Gasteiger partial charge in [-0.3, -0.25) is 10.1 Å². The van der Waals surface area contributed by atoms with Crippen molar-refractivity contribution in [2.24, 2.45) is 5.73 Å². The first-order valence-corrected chi connectivity index (χ1v) is 9.26. The average Bonchev–Trinajstić information content (AvgIpc) is 2.73. The van der Waals surface area contributed by atoms with Gasteiger partial charge in [0, 0.05) is 6.54 Å². The Morgan fingerprint density at radius 1 is 1.04 bits per heavy atom. The molecule has 2 rings (SSSR count). The van der Waals surface area contributed by atoms with Gasteiger partial charge in [0.25, 0.3) is 0 Å². The number of ether oxygens (including phenoxy) is 1. The van der Waals surface area contributed by atoms with Crippen LogP contribution in [-0.4, -0.2) is 36.3 Å². The standard InChI is InChI=1S/C21H27N3O4/c22-20(26)18(24-19(14-25)17-10-5-2-6-11-17)12-7-13-23-21(27)28-15-16-8-3-1-4-9-16/h1-6,8-11,18-19,24-25H,7,12-15H2,(H2,22,26)(H,23,27)/t18-,19-/m1/s1. The molecule has 0 spiro atoms. The van der Waals surface area contributed by atoms with Crippen LogP contribution < -0.4 is 16.4 Å². The fraction of sp³-hybridized carbons (Fsp3) is 0.333. The Labute approximate surface area is 164 Å². The van der Waals surface area contributed by atoms with Crippen molar-refractivity contribution < 1.29 is 19.4 Å². The van der Waals surface area contributed by atoms with Gasteiger partial charge in [-0.25, -0.2) is 4.79 Å². The number of nitrogens with one attached hydrogen (secondary N) is 2. The van der Waals surface area contributed by atoms with Crippen molar-refractivity contribution in [3.8, 4) is 0 Å².